The van der Waals surface area contributed by atoms with Gasteiger partial charge in [0.05, 0.1) is 12.8 Å². The van der Waals surface area contributed by atoms with Gasteiger partial charge in [0, 0.05) is 23.6 Å². The number of carbonyl (C=O) groups is 2. The number of nitrogens with one attached hydrogen (secondary N) is 1. The second-order valence-corrected chi connectivity index (χ2v) is 6.02. The van der Waals surface area contributed by atoms with E-state index in [1.54, 1.807) is 19.2 Å². The molecule has 0 saturated carbocycles. The number of benzene rings is 2. The standard InChI is InChI=1S/C19H16N2O4/c1-10(22)20-14-5-3-4-13-15(14)18(23)16-17(21-25-19(13)16)11-6-8-12(24-2)9-7-11/h3-9,16,19H,1-2H3,(H,20,22)/t16-,19+/m0/s1. The molecule has 2 aromatic carbocycles. The SMILES string of the molecule is COc1ccc(C2=NO[C@@H]3c4cccc(NC(C)=O)c4C(=O)[C@H]23)cc1. The zero-order valence-electron chi connectivity index (χ0n) is 13.8. The summed E-state index contributed by atoms with van der Waals surface area (Å²) in [5, 5.41) is 6.88. The number of nitrogens with zero attached hydrogens (tertiary/aromatic N) is 1. The summed E-state index contributed by atoms with van der Waals surface area (Å²) in [5.41, 5.74) is 3.20. The topological polar surface area (TPSA) is 77.0 Å². The van der Waals surface area contributed by atoms with E-state index in [0.717, 1.165) is 16.9 Å². The van der Waals surface area contributed by atoms with Crippen LogP contribution in [0.5, 0.6) is 5.75 Å². The first kappa shape index (κ1) is 15.4. The first-order valence-electron chi connectivity index (χ1n) is 7.93. The number of Topliss-reactive ketones (excluding diaryl/α,β-unsaturated/α-hetero) is 1. The lowest BCUT2D eigenvalue weighted by Gasteiger charge is -2.09. The predicted octanol–water partition coefficient (Wildman–Crippen LogP) is 2.94. The van der Waals surface area contributed by atoms with Crippen LogP contribution >= 0.6 is 0 Å². The lowest BCUT2D eigenvalue weighted by Crippen LogP contribution is -2.21. The van der Waals surface area contributed by atoms with Gasteiger partial charge in [-0.25, -0.2) is 0 Å². The maximum Gasteiger partial charge on any atom is 0.221 e. The molecule has 1 amide bonds. The number of hydrogen-bond donors (Lipinski definition) is 1. The van der Waals surface area contributed by atoms with E-state index in [1.165, 1.54) is 6.92 Å². The smallest absolute Gasteiger partial charge is 0.221 e. The van der Waals surface area contributed by atoms with Crippen molar-refractivity contribution in [3.8, 4) is 5.75 Å². The maximum absolute atomic E-state index is 13.1. The van der Waals surface area contributed by atoms with Gasteiger partial charge in [-0.1, -0.05) is 17.3 Å². The number of fused-ring (bicyclic) bond motifs is 3. The molecular formula is C19H16N2O4. The highest BCUT2D eigenvalue weighted by Gasteiger charge is 2.49. The molecule has 126 valence electrons. The van der Waals surface area contributed by atoms with Crippen LogP contribution in [0.4, 0.5) is 5.69 Å². The van der Waals surface area contributed by atoms with Crippen molar-refractivity contribution in [3.05, 3.63) is 59.2 Å². The molecule has 1 N–H and O–H groups in total. The third kappa shape index (κ3) is 2.38. The molecule has 25 heavy (non-hydrogen) atoms. The maximum atomic E-state index is 13.1. The molecule has 6 heteroatoms. The van der Waals surface area contributed by atoms with E-state index in [0.29, 0.717) is 17.0 Å². The molecule has 0 radical (unpaired) electrons. The Morgan fingerprint density at radius 3 is 2.64 bits per heavy atom. The number of ketones is 1. The number of carbonyl (C=O) groups excluding carboxylic acids is 2. The third-order valence-corrected chi connectivity index (χ3v) is 4.49. The first-order chi connectivity index (χ1) is 12.1. The highest BCUT2D eigenvalue weighted by molar-refractivity contribution is 6.23. The highest BCUT2D eigenvalue weighted by Crippen LogP contribution is 2.46. The van der Waals surface area contributed by atoms with Gasteiger partial charge in [0.2, 0.25) is 5.91 Å². The summed E-state index contributed by atoms with van der Waals surface area (Å²) in [5.74, 6) is -0.0771. The van der Waals surface area contributed by atoms with E-state index in [1.807, 2.05) is 30.3 Å². The van der Waals surface area contributed by atoms with E-state index in [9.17, 15) is 9.59 Å². The van der Waals surface area contributed by atoms with Gasteiger partial charge in [-0.3, -0.25) is 9.59 Å². The zero-order chi connectivity index (χ0) is 17.6. The zero-order valence-corrected chi connectivity index (χ0v) is 13.8. The van der Waals surface area contributed by atoms with Crippen LogP contribution in [0, 0.1) is 5.92 Å². The summed E-state index contributed by atoms with van der Waals surface area (Å²) in [7, 11) is 1.60. The summed E-state index contributed by atoms with van der Waals surface area (Å²) >= 11 is 0. The Morgan fingerprint density at radius 2 is 1.96 bits per heavy atom. The number of amides is 1. The monoisotopic (exact) mass is 336 g/mol. The first-order valence-corrected chi connectivity index (χ1v) is 7.93. The molecule has 2 atom stereocenters. The van der Waals surface area contributed by atoms with Gasteiger partial charge in [0.1, 0.15) is 17.4 Å². The second kappa shape index (κ2) is 5.73. The second-order valence-electron chi connectivity index (χ2n) is 6.02. The number of anilines is 1. The van der Waals surface area contributed by atoms with Crippen molar-refractivity contribution in [1.29, 1.82) is 0 Å². The molecule has 1 heterocycles. The van der Waals surface area contributed by atoms with Gasteiger partial charge in [-0.05, 0) is 30.3 Å². The Morgan fingerprint density at radius 1 is 1.20 bits per heavy atom. The highest BCUT2D eigenvalue weighted by atomic mass is 16.6. The minimum absolute atomic E-state index is 0.0866. The third-order valence-electron chi connectivity index (χ3n) is 4.49. The Hall–Kier alpha value is -3.15. The fourth-order valence-corrected chi connectivity index (χ4v) is 3.40. The van der Waals surface area contributed by atoms with Gasteiger partial charge in [-0.2, -0.15) is 0 Å². The Kier molecular flexibility index (Phi) is 3.53. The number of ether oxygens (including phenoxy) is 1. The molecule has 0 bridgehead atoms. The fourth-order valence-electron chi connectivity index (χ4n) is 3.40. The van der Waals surface area contributed by atoms with Crippen LogP contribution in [0.3, 0.4) is 0 Å². The van der Waals surface area contributed by atoms with Crippen molar-refractivity contribution >= 4 is 23.1 Å². The Bertz CT molecular complexity index is 902. The molecule has 0 spiro atoms. The fraction of sp³-hybridized carbons (Fsp3) is 0.211. The molecule has 2 aliphatic rings. The number of rotatable bonds is 3. The van der Waals surface area contributed by atoms with Crippen LogP contribution in [-0.4, -0.2) is 24.5 Å². The molecule has 1 aliphatic heterocycles. The summed E-state index contributed by atoms with van der Waals surface area (Å²) < 4.78 is 5.16. The van der Waals surface area contributed by atoms with E-state index in [-0.39, 0.29) is 11.7 Å². The Labute approximate surface area is 144 Å². The van der Waals surface area contributed by atoms with Crippen molar-refractivity contribution in [1.82, 2.24) is 0 Å². The van der Waals surface area contributed by atoms with Crippen molar-refractivity contribution in [2.75, 3.05) is 12.4 Å². The van der Waals surface area contributed by atoms with Crippen LogP contribution in [0.25, 0.3) is 0 Å². The van der Waals surface area contributed by atoms with Crippen molar-refractivity contribution in [2.45, 2.75) is 13.0 Å². The molecule has 1 aliphatic carbocycles. The van der Waals surface area contributed by atoms with Crippen LogP contribution in [0.1, 0.15) is 34.5 Å². The van der Waals surface area contributed by atoms with Crippen molar-refractivity contribution in [3.63, 3.8) is 0 Å². The summed E-state index contributed by atoms with van der Waals surface area (Å²) in [6.45, 7) is 1.42. The predicted molar refractivity (Wildman–Crippen MR) is 91.9 cm³/mol. The molecule has 0 fully saturated rings. The van der Waals surface area contributed by atoms with Gasteiger partial charge in [-0.15, -0.1) is 0 Å². The Balaban J connectivity index is 1.72. The van der Waals surface area contributed by atoms with Crippen molar-refractivity contribution < 1.29 is 19.2 Å². The van der Waals surface area contributed by atoms with E-state index < -0.39 is 12.0 Å². The summed E-state index contributed by atoms with van der Waals surface area (Å²) in [4.78, 5) is 30.1. The van der Waals surface area contributed by atoms with E-state index in [4.69, 9.17) is 9.57 Å². The van der Waals surface area contributed by atoms with Crippen LogP contribution in [-0.2, 0) is 9.63 Å². The average Bonchev–Trinajstić information content (AvgIpc) is 3.16. The lowest BCUT2D eigenvalue weighted by molar-refractivity contribution is -0.114. The van der Waals surface area contributed by atoms with Crippen LogP contribution in [0.2, 0.25) is 0 Å². The largest absolute Gasteiger partial charge is 0.497 e. The van der Waals surface area contributed by atoms with Gasteiger partial charge in [0.25, 0.3) is 0 Å². The van der Waals surface area contributed by atoms with Gasteiger partial charge >= 0.3 is 0 Å². The minimum Gasteiger partial charge on any atom is -0.497 e. The molecular weight excluding hydrogens is 320 g/mol. The molecule has 0 unspecified atom stereocenters. The minimum atomic E-state index is -0.502. The van der Waals surface area contributed by atoms with Gasteiger partial charge < -0.3 is 14.9 Å². The number of methoxy groups -OCH3 is 1. The quantitative estimate of drug-likeness (QED) is 0.935. The number of oxime groups is 1. The lowest BCUT2D eigenvalue weighted by atomic mass is 9.92. The summed E-state index contributed by atoms with van der Waals surface area (Å²) in [6, 6.07) is 12.7. The molecule has 0 saturated heterocycles. The normalized spacial score (nSPS) is 20.4. The molecule has 4 rings (SSSR count). The van der Waals surface area contributed by atoms with E-state index >= 15 is 0 Å². The molecule has 6 nitrogen and oxygen atoms in total. The van der Waals surface area contributed by atoms with Crippen LogP contribution < -0.4 is 10.1 Å². The molecule has 0 aromatic heterocycles. The van der Waals surface area contributed by atoms with E-state index in [2.05, 4.69) is 10.5 Å². The van der Waals surface area contributed by atoms with Crippen molar-refractivity contribution in [2.24, 2.45) is 11.1 Å². The van der Waals surface area contributed by atoms with Gasteiger partial charge in [0.15, 0.2) is 11.9 Å². The van der Waals surface area contributed by atoms with Crippen LogP contribution in [0.15, 0.2) is 47.6 Å². The average molecular weight is 336 g/mol. The molecule has 2 aromatic rings. The number of hydrogen-bond acceptors (Lipinski definition) is 5. The summed E-state index contributed by atoms with van der Waals surface area (Å²) in [6.07, 6.45) is -0.451.